The van der Waals surface area contributed by atoms with E-state index in [-0.39, 0.29) is 22.9 Å². The summed E-state index contributed by atoms with van der Waals surface area (Å²) in [6, 6.07) is 13.5. The average Bonchev–Trinajstić information content (AvgIpc) is 3.02. The Kier molecular flexibility index (Phi) is 7.27. The molecular weight excluding hydrogens is 440 g/mol. The normalized spacial score (nSPS) is 14.6. The van der Waals surface area contributed by atoms with Crippen LogP contribution in [0.5, 0.6) is 11.5 Å². The van der Waals surface area contributed by atoms with E-state index in [4.69, 9.17) is 26.8 Å². The molecule has 0 atom stereocenters. The number of hydrogen-bond acceptors (Lipinski definition) is 7. The molecule has 1 heterocycles. The molecule has 31 heavy (non-hydrogen) atoms. The molecule has 0 unspecified atom stereocenters. The Morgan fingerprint density at radius 2 is 1.84 bits per heavy atom. The molecule has 8 nitrogen and oxygen atoms in total. The highest BCUT2D eigenvalue weighted by molar-refractivity contribution is 8.26. The fraction of sp³-hybridized carbons (Fsp3) is 0.143. The number of thiocarbonyl (C=S) groups is 1. The van der Waals surface area contributed by atoms with Crippen molar-refractivity contribution in [2.45, 2.75) is 6.42 Å². The Morgan fingerprint density at radius 3 is 2.55 bits per heavy atom. The molecule has 2 aromatic carbocycles. The van der Waals surface area contributed by atoms with Crippen LogP contribution >= 0.6 is 24.0 Å². The smallest absolute Gasteiger partial charge is 0.306 e. The Balaban J connectivity index is 1.77. The van der Waals surface area contributed by atoms with E-state index in [9.17, 15) is 14.4 Å². The van der Waals surface area contributed by atoms with Crippen LogP contribution in [0.3, 0.4) is 0 Å². The third-order valence-corrected chi connectivity index (χ3v) is 5.44. The number of rotatable bonds is 8. The number of benzene rings is 2. The van der Waals surface area contributed by atoms with E-state index in [0.717, 1.165) is 16.8 Å². The molecule has 2 aromatic rings. The van der Waals surface area contributed by atoms with Gasteiger partial charge in [-0.05, 0) is 36.5 Å². The number of nitrogens with one attached hydrogen (secondary N) is 1. The largest absolute Gasteiger partial charge is 0.496 e. The first-order valence-corrected chi connectivity index (χ1v) is 10.3. The number of para-hydroxylation sites is 2. The van der Waals surface area contributed by atoms with Gasteiger partial charge in [0.15, 0.2) is 4.32 Å². The highest BCUT2D eigenvalue weighted by Gasteiger charge is 2.34. The van der Waals surface area contributed by atoms with E-state index in [0.29, 0.717) is 22.0 Å². The van der Waals surface area contributed by atoms with Crippen molar-refractivity contribution in [3.05, 3.63) is 64.6 Å². The van der Waals surface area contributed by atoms with Crippen molar-refractivity contribution >= 4 is 52.2 Å². The van der Waals surface area contributed by atoms with Crippen LogP contribution in [-0.4, -0.2) is 45.9 Å². The fourth-order valence-electron chi connectivity index (χ4n) is 2.68. The Labute approximate surface area is 187 Å². The van der Waals surface area contributed by atoms with Gasteiger partial charge in [0, 0.05) is 5.56 Å². The number of carbonyl (C=O) groups excluding carboxylic acids is 2. The van der Waals surface area contributed by atoms with E-state index < -0.39 is 17.8 Å². The number of aliphatic carboxylic acids is 1. The molecule has 1 fully saturated rings. The van der Waals surface area contributed by atoms with Crippen molar-refractivity contribution in [1.29, 1.82) is 0 Å². The number of amides is 2. The van der Waals surface area contributed by atoms with Gasteiger partial charge in [-0.25, -0.2) is 0 Å². The number of ether oxygens (including phenoxy) is 2. The molecule has 0 radical (unpaired) electrons. The number of hydrazine groups is 1. The van der Waals surface area contributed by atoms with Crippen molar-refractivity contribution in [3.63, 3.8) is 0 Å². The Morgan fingerprint density at radius 1 is 1.16 bits per heavy atom. The first kappa shape index (κ1) is 22.3. The van der Waals surface area contributed by atoms with Gasteiger partial charge in [0.25, 0.3) is 11.8 Å². The second-order valence-electron chi connectivity index (χ2n) is 6.19. The molecule has 0 spiro atoms. The number of thioether (sulfide) groups is 1. The van der Waals surface area contributed by atoms with Crippen molar-refractivity contribution in [2.24, 2.45) is 0 Å². The van der Waals surface area contributed by atoms with Crippen LogP contribution in [-0.2, 0) is 9.59 Å². The molecule has 3 rings (SSSR count). The minimum absolute atomic E-state index is 0.00386. The number of methoxy groups -OCH3 is 1. The summed E-state index contributed by atoms with van der Waals surface area (Å²) in [5.74, 6) is -1.18. The summed E-state index contributed by atoms with van der Waals surface area (Å²) >= 11 is 6.29. The average molecular weight is 459 g/mol. The minimum Gasteiger partial charge on any atom is -0.496 e. The zero-order chi connectivity index (χ0) is 22.4. The van der Waals surface area contributed by atoms with Gasteiger partial charge >= 0.3 is 5.97 Å². The predicted molar refractivity (Wildman–Crippen MR) is 120 cm³/mol. The highest BCUT2D eigenvalue weighted by atomic mass is 32.2. The summed E-state index contributed by atoms with van der Waals surface area (Å²) in [6.07, 6.45) is 1.44. The summed E-state index contributed by atoms with van der Waals surface area (Å²) in [7, 11) is 1.45. The first-order chi connectivity index (χ1) is 14.9. The van der Waals surface area contributed by atoms with Crippen molar-refractivity contribution in [2.75, 3.05) is 13.7 Å². The zero-order valence-electron chi connectivity index (χ0n) is 16.4. The lowest BCUT2D eigenvalue weighted by atomic mass is 10.2. The zero-order valence-corrected chi connectivity index (χ0v) is 18.0. The molecule has 1 aliphatic rings. The second-order valence-corrected chi connectivity index (χ2v) is 7.86. The van der Waals surface area contributed by atoms with Crippen LogP contribution in [0.1, 0.15) is 22.3 Å². The number of carboxylic acid groups (broad SMARTS) is 1. The van der Waals surface area contributed by atoms with Crippen LogP contribution < -0.4 is 14.9 Å². The van der Waals surface area contributed by atoms with Crippen molar-refractivity contribution < 1.29 is 29.0 Å². The predicted octanol–water partition coefficient (Wildman–Crippen LogP) is 3.09. The second kappa shape index (κ2) is 10.1. The highest BCUT2D eigenvalue weighted by Crippen LogP contribution is 2.33. The molecule has 160 valence electrons. The number of nitrogens with zero attached hydrogens (tertiary/aromatic N) is 1. The van der Waals surface area contributed by atoms with Gasteiger partial charge in [-0.2, -0.15) is 5.01 Å². The van der Waals surface area contributed by atoms with Crippen LogP contribution in [0.25, 0.3) is 6.08 Å². The molecule has 0 bridgehead atoms. The summed E-state index contributed by atoms with van der Waals surface area (Å²) < 4.78 is 10.9. The summed E-state index contributed by atoms with van der Waals surface area (Å²) in [6.45, 7) is -0.00386. The fourth-order valence-corrected chi connectivity index (χ4v) is 3.85. The molecular formula is C21H18N2O6S2. The molecule has 0 saturated carbocycles. The van der Waals surface area contributed by atoms with Crippen LogP contribution in [0.4, 0.5) is 0 Å². The van der Waals surface area contributed by atoms with Crippen molar-refractivity contribution in [3.8, 4) is 11.5 Å². The quantitative estimate of drug-likeness (QED) is 0.459. The minimum atomic E-state index is -0.968. The van der Waals surface area contributed by atoms with E-state index in [1.165, 1.54) is 7.11 Å². The monoisotopic (exact) mass is 458 g/mol. The van der Waals surface area contributed by atoms with Gasteiger partial charge in [0.1, 0.15) is 11.5 Å². The first-order valence-electron chi connectivity index (χ1n) is 9.06. The topological polar surface area (TPSA) is 105 Å². The molecule has 1 saturated heterocycles. The van der Waals surface area contributed by atoms with Gasteiger partial charge in [-0.15, -0.1) is 0 Å². The SMILES string of the molecule is COc1ccccc1C(=O)NN1C(=O)/C(=C\c2ccccc2OCCC(=O)O)SC1=S. The summed E-state index contributed by atoms with van der Waals surface area (Å²) in [5, 5.41) is 9.78. The standard InChI is InChI=1S/C21H18N2O6S2/c1-28-16-9-5-3-7-14(16)19(26)22-23-20(27)17(31-21(23)30)12-13-6-2-4-8-15(13)29-11-10-18(24)25/h2-9,12H,10-11H2,1H3,(H,22,26)(H,24,25)/b17-12+. The summed E-state index contributed by atoms with van der Waals surface area (Å²) in [4.78, 5) is 36.5. The van der Waals surface area contributed by atoms with Crippen LogP contribution in [0, 0.1) is 0 Å². The van der Waals surface area contributed by atoms with Gasteiger partial charge in [-0.1, -0.05) is 42.1 Å². The van der Waals surface area contributed by atoms with E-state index in [1.54, 1.807) is 54.6 Å². The van der Waals surface area contributed by atoms with E-state index in [2.05, 4.69) is 5.43 Å². The maximum atomic E-state index is 12.8. The maximum Gasteiger partial charge on any atom is 0.306 e. The molecule has 2 amide bonds. The summed E-state index contributed by atoms with van der Waals surface area (Å²) in [5.41, 5.74) is 3.36. The molecule has 1 aliphatic heterocycles. The Bertz CT molecular complexity index is 1070. The van der Waals surface area contributed by atoms with E-state index in [1.807, 2.05) is 0 Å². The van der Waals surface area contributed by atoms with Gasteiger partial charge in [0.05, 0.1) is 30.6 Å². The van der Waals surface area contributed by atoms with Gasteiger partial charge in [-0.3, -0.25) is 19.8 Å². The molecule has 0 aromatic heterocycles. The van der Waals surface area contributed by atoms with Crippen molar-refractivity contribution in [1.82, 2.24) is 10.4 Å². The van der Waals surface area contributed by atoms with Crippen LogP contribution in [0.15, 0.2) is 53.4 Å². The lowest BCUT2D eigenvalue weighted by molar-refractivity contribution is -0.137. The lowest BCUT2D eigenvalue weighted by Gasteiger charge is -2.16. The molecule has 2 N–H and O–H groups in total. The number of hydrogen-bond donors (Lipinski definition) is 2. The maximum absolute atomic E-state index is 12.8. The molecule has 10 heteroatoms. The lowest BCUT2D eigenvalue weighted by Crippen LogP contribution is -2.44. The molecule has 0 aliphatic carbocycles. The number of carbonyl (C=O) groups is 3. The third kappa shape index (κ3) is 5.41. The Hall–Kier alpha value is -3.37. The van der Waals surface area contributed by atoms with Crippen LogP contribution in [0.2, 0.25) is 0 Å². The third-order valence-electron chi connectivity index (χ3n) is 4.14. The number of carboxylic acids is 1. The van der Waals surface area contributed by atoms with E-state index >= 15 is 0 Å². The van der Waals surface area contributed by atoms with Gasteiger partial charge in [0.2, 0.25) is 0 Å². The van der Waals surface area contributed by atoms with Gasteiger partial charge < -0.3 is 14.6 Å².